The molecule has 0 radical (unpaired) electrons. The number of fused-ring (bicyclic) bond motifs is 1. The second-order valence-electron chi connectivity index (χ2n) is 5.52. The molecule has 0 bridgehead atoms. The molecule has 1 aromatic carbocycles. The molecular weight excluding hydrogens is 268 g/mol. The van der Waals surface area contributed by atoms with Gasteiger partial charge in [-0.25, -0.2) is 4.98 Å². The van der Waals surface area contributed by atoms with Crippen LogP contribution in [0.3, 0.4) is 0 Å². The van der Waals surface area contributed by atoms with Gasteiger partial charge in [0.1, 0.15) is 0 Å². The summed E-state index contributed by atoms with van der Waals surface area (Å²) in [6, 6.07) is 6.35. The molecule has 20 heavy (non-hydrogen) atoms. The third-order valence-electron chi connectivity index (χ3n) is 3.87. The van der Waals surface area contributed by atoms with E-state index in [9.17, 15) is 5.11 Å². The zero-order valence-electron chi connectivity index (χ0n) is 12.0. The molecule has 1 N–H and O–H groups in total. The summed E-state index contributed by atoms with van der Waals surface area (Å²) in [6.45, 7) is 3.11. The van der Waals surface area contributed by atoms with Crippen LogP contribution in [0.15, 0.2) is 23.6 Å². The molecule has 0 spiro atoms. The number of hydrogen-bond donors (Lipinski definition) is 1. The topological polar surface area (TPSA) is 36.4 Å². The van der Waals surface area contributed by atoms with E-state index in [4.69, 9.17) is 0 Å². The SMILES string of the molecule is Cc1csc(CC(O)c2ccc3c(c2)CCCN3C)n1. The fourth-order valence-electron chi connectivity index (χ4n) is 2.79. The molecule has 0 saturated carbocycles. The maximum Gasteiger partial charge on any atom is 0.0957 e. The highest BCUT2D eigenvalue weighted by Crippen LogP contribution is 2.30. The summed E-state index contributed by atoms with van der Waals surface area (Å²) < 4.78 is 0. The lowest BCUT2D eigenvalue weighted by molar-refractivity contribution is 0.178. The second kappa shape index (κ2) is 5.54. The van der Waals surface area contributed by atoms with Crippen molar-refractivity contribution in [1.29, 1.82) is 0 Å². The van der Waals surface area contributed by atoms with Crippen LogP contribution < -0.4 is 4.90 Å². The van der Waals surface area contributed by atoms with E-state index in [2.05, 4.69) is 29.1 Å². The predicted octanol–water partition coefficient (Wildman–Crippen LogP) is 3.11. The summed E-state index contributed by atoms with van der Waals surface area (Å²) in [6.07, 6.45) is 2.44. The molecular formula is C16H20N2OS. The lowest BCUT2D eigenvalue weighted by Gasteiger charge is -2.28. The summed E-state index contributed by atoms with van der Waals surface area (Å²) in [5.41, 5.74) is 4.69. The first-order valence-corrected chi connectivity index (χ1v) is 7.94. The smallest absolute Gasteiger partial charge is 0.0957 e. The summed E-state index contributed by atoms with van der Waals surface area (Å²) in [4.78, 5) is 6.72. The van der Waals surface area contributed by atoms with Crippen molar-refractivity contribution < 1.29 is 5.11 Å². The number of thiazole rings is 1. The van der Waals surface area contributed by atoms with Crippen LogP contribution in [0, 0.1) is 6.92 Å². The Kier molecular flexibility index (Phi) is 3.76. The molecule has 4 heteroatoms. The molecule has 1 aromatic heterocycles. The van der Waals surface area contributed by atoms with Crippen LogP contribution >= 0.6 is 11.3 Å². The summed E-state index contributed by atoms with van der Waals surface area (Å²) in [5.74, 6) is 0. The van der Waals surface area contributed by atoms with Gasteiger partial charge in [-0.15, -0.1) is 11.3 Å². The monoisotopic (exact) mass is 288 g/mol. The molecule has 3 rings (SSSR count). The molecule has 0 amide bonds. The lowest BCUT2D eigenvalue weighted by Crippen LogP contribution is -2.24. The van der Waals surface area contributed by atoms with Crippen molar-refractivity contribution >= 4 is 17.0 Å². The van der Waals surface area contributed by atoms with Crippen molar-refractivity contribution in [2.24, 2.45) is 0 Å². The molecule has 1 unspecified atom stereocenters. The van der Waals surface area contributed by atoms with E-state index in [0.717, 1.165) is 29.2 Å². The Hall–Kier alpha value is -1.39. The van der Waals surface area contributed by atoms with Crippen molar-refractivity contribution in [3.8, 4) is 0 Å². The Labute approximate surface area is 123 Å². The minimum atomic E-state index is -0.460. The quantitative estimate of drug-likeness (QED) is 0.943. The molecule has 1 atom stereocenters. The average Bonchev–Trinajstić information content (AvgIpc) is 2.84. The van der Waals surface area contributed by atoms with Gasteiger partial charge in [0.15, 0.2) is 0 Å². The van der Waals surface area contributed by atoms with E-state index in [1.54, 1.807) is 11.3 Å². The lowest BCUT2D eigenvalue weighted by atomic mass is 9.97. The molecule has 1 aliphatic heterocycles. The van der Waals surface area contributed by atoms with Crippen molar-refractivity contribution in [2.45, 2.75) is 32.3 Å². The summed E-state index contributed by atoms with van der Waals surface area (Å²) in [7, 11) is 2.13. The minimum Gasteiger partial charge on any atom is -0.388 e. The van der Waals surface area contributed by atoms with E-state index < -0.39 is 6.10 Å². The number of aromatic nitrogens is 1. The zero-order valence-corrected chi connectivity index (χ0v) is 12.8. The van der Waals surface area contributed by atoms with Gasteiger partial charge < -0.3 is 10.0 Å². The summed E-state index contributed by atoms with van der Waals surface area (Å²) >= 11 is 1.62. The zero-order chi connectivity index (χ0) is 14.1. The minimum absolute atomic E-state index is 0.460. The van der Waals surface area contributed by atoms with Crippen LogP contribution in [0.25, 0.3) is 0 Å². The fraction of sp³-hybridized carbons (Fsp3) is 0.438. The highest BCUT2D eigenvalue weighted by atomic mass is 32.1. The fourth-order valence-corrected chi connectivity index (χ4v) is 3.60. The first kappa shape index (κ1) is 13.6. The van der Waals surface area contributed by atoms with E-state index in [0.29, 0.717) is 6.42 Å². The Balaban J connectivity index is 1.80. The number of rotatable bonds is 3. The van der Waals surface area contributed by atoms with Gasteiger partial charge in [-0.2, -0.15) is 0 Å². The third kappa shape index (κ3) is 2.72. The third-order valence-corrected chi connectivity index (χ3v) is 4.86. The Morgan fingerprint density at radius 2 is 2.30 bits per heavy atom. The van der Waals surface area contributed by atoms with Gasteiger partial charge in [-0.1, -0.05) is 12.1 Å². The number of aliphatic hydroxyl groups excluding tert-OH is 1. The van der Waals surface area contributed by atoms with Crippen molar-refractivity contribution in [2.75, 3.05) is 18.5 Å². The standard InChI is InChI=1S/C16H20N2OS/c1-11-10-20-16(17-11)9-15(19)13-5-6-14-12(8-13)4-3-7-18(14)2/h5-6,8,10,15,19H,3-4,7,9H2,1-2H3. The molecule has 3 nitrogen and oxygen atoms in total. The summed E-state index contributed by atoms with van der Waals surface area (Å²) in [5, 5.41) is 13.4. The highest BCUT2D eigenvalue weighted by Gasteiger charge is 2.17. The van der Waals surface area contributed by atoms with Crippen LogP contribution in [-0.4, -0.2) is 23.7 Å². The van der Waals surface area contributed by atoms with Gasteiger partial charge in [0, 0.05) is 36.8 Å². The van der Waals surface area contributed by atoms with E-state index in [-0.39, 0.29) is 0 Å². The maximum atomic E-state index is 10.4. The number of benzene rings is 1. The number of nitrogens with zero attached hydrogens (tertiary/aromatic N) is 2. The van der Waals surface area contributed by atoms with Crippen LogP contribution in [0.5, 0.6) is 0 Å². The maximum absolute atomic E-state index is 10.4. The van der Waals surface area contributed by atoms with Crippen LogP contribution in [0.2, 0.25) is 0 Å². The van der Waals surface area contributed by atoms with Crippen molar-refractivity contribution in [3.63, 3.8) is 0 Å². The Morgan fingerprint density at radius 3 is 3.05 bits per heavy atom. The van der Waals surface area contributed by atoms with Gasteiger partial charge in [-0.05, 0) is 37.0 Å². The van der Waals surface area contributed by atoms with Crippen LogP contribution in [0.1, 0.15) is 34.4 Å². The predicted molar refractivity (Wildman–Crippen MR) is 83.5 cm³/mol. The van der Waals surface area contributed by atoms with Gasteiger partial charge >= 0.3 is 0 Å². The second-order valence-corrected chi connectivity index (χ2v) is 6.46. The number of aliphatic hydroxyl groups is 1. The first-order valence-electron chi connectivity index (χ1n) is 7.06. The van der Waals surface area contributed by atoms with Crippen molar-refractivity contribution in [3.05, 3.63) is 45.4 Å². The number of anilines is 1. The van der Waals surface area contributed by atoms with E-state index >= 15 is 0 Å². The van der Waals surface area contributed by atoms with Crippen molar-refractivity contribution in [1.82, 2.24) is 4.98 Å². The van der Waals surface area contributed by atoms with Gasteiger partial charge in [0.25, 0.3) is 0 Å². The van der Waals surface area contributed by atoms with Gasteiger partial charge in [0.2, 0.25) is 0 Å². The molecule has 106 valence electrons. The number of aryl methyl sites for hydroxylation is 2. The molecule has 2 heterocycles. The molecule has 2 aromatic rings. The Morgan fingerprint density at radius 1 is 1.45 bits per heavy atom. The van der Waals surface area contributed by atoms with Gasteiger partial charge in [-0.3, -0.25) is 0 Å². The largest absolute Gasteiger partial charge is 0.388 e. The molecule has 0 saturated heterocycles. The van der Waals surface area contributed by atoms with Crippen LogP contribution in [0.4, 0.5) is 5.69 Å². The average molecular weight is 288 g/mol. The van der Waals surface area contributed by atoms with E-state index in [1.165, 1.54) is 17.7 Å². The molecule has 1 aliphatic rings. The first-order chi connectivity index (χ1) is 9.63. The molecule has 0 aliphatic carbocycles. The Bertz CT molecular complexity index is 608. The van der Waals surface area contributed by atoms with Gasteiger partial charge in [0.05, 0.1) is 11.1 Å². The molecule has 0 fully saturated rings. The number of hydrogen-bond acceptors (Lipinski definition) is 4. The highest BCUT2D eigenvalue weighted by molar-refractivity contribution is 7.09. The normalized spacial score (nSPS) is 16.1. The van der Waals surface area contributed by atoms with Crippen LogP contribution in [-0.2, 0) is 12.8 Å². The van der Waals surface area contributed by atoms with E-state index in [1.807, 2.05) is 18.4 Å².